The van der Waals surface area contributed by atoms with Gasteiger partial charge in [-0.2, -0.15) is 13.5 Å². The molecule has 0 saturated heterocycles. The number of pyridine rings is 1. The molecule has 0 amide bonds. The summed E-state index contributed by atoms with van der Waals surface area (Å²) in [6.07, 6.45) is 5.85. The Balaban J connectivity index is 0.00000578. The lowest BCUT2D eigenvalue weighted by Crippen LogP contribution is -2.15. The van der Waals surface area contributed by atoms with Gasteiger partial charge in [0.1, 0.15) is 40.8 Å². The standard InChI is InChI=1S/C48H51ClN6O5S.H2S/c1-31-32(2)61-48-44(31)45(36-13-15-39(49)16-14-36)52-43(47-54-53-33(3)55(47)48)30-40(56)28-34-9-17-41(18-10-34)60-27-26-59-25-24-58-23-22-57-21-20-51-46-42(8-5-19-50-46)38-12-11-35-6-4-7-37(35)29-38;/h5,8-19,29,43H,4,6-7,20-28,30H2,1-3H3,(H,50,51);1H2/t43-;/m0./s1. The van der Waals surface area contributed by atoms with Crippen molar-refractivity contribution < 1.29 is 23.7 Å². The molecule has 0 radical (unpaired) electrons. The molecule has 62 heavy (non-hydrogen) atoms. The summed E-state index contributed by atoms with van der Waals surface area (Å²) in [5.74, 6) is 3.08. The highest BCUT2D eigenvalue weighted by Crippen LogP contribution is 2.40. The van der Waals surface area contributed by atoms with E-state index in [0.717, 1.165) is 56.6 Å². The number of carbonyl (C=O) groups excluding carboxylic acids is 1. The summed E-state index contributed by atoms with van der Waals surface area (Å²) >= 11 is 7.95. The van der Waals surface area contributed by atoms with Crippen molar-refractivity contribution in [2.24, 2.45) is 4.99 Å². The van der Waals surface area contributed by atoms with Crippen molar-refractivity contribution in [3.05, 3.63) is 140 Å². The number of nitrogens with zero attached hydrogens (tertiary/aromatic N) is 5. The van der Waals surface area contributed by atoms with E-state index >= 15 is 0 Å². The van der Waals surface area contributed by atoms with Crippen molar-refractivity contribution in [3.8, 4) is 21.9 Å². The number of aryl methyl sites for hydroxylation is 4. The molecule has 0 bridgehead atoms. The summed E-state index contributed by atoms with van der Waals surface area (Å²) < 4.78 is 25.1. The minimum atomic E-state index is -0.499. The lowest BCUT2D eigenvalue weighted by molar-refractivity contribution is -0.118. The fourth-order valence-electron chi connectivity index (χ4n) is 7.87. The molecule has 0 saturated carbocycles. The molecule has 3 aromatic heterocycles. The second-order valence-corrected chi connectivity index (χ2v) is 17.0. The number of hydrogen-bond donors (Lipinski definition) is 1. The summed E-state index contributed by atoms with van der Waals surface area (Å²) in [5, 5.41) is 14.1. The van der Waals surface area contributed by atoms with Gasteiger partial charge in [-0.1, -0.05) is 54.1 Å². The maximum atomic E-state index is 13.6. The maximum Gasteiger partial charge on any atom is 0.163 e. The largest absolute Gasteiger partial charge is 0.491 e. The van der Waals surface area contributed by atoms with E-state index in [4.69, 9.17) is 35.5 Å². The number of anilines is 1. The number of benzene rings is 3. The molecule has 14 heteroatoms. The number of Topliss-reactive ketones (excluding diaryl/α,β-unsaturated/α-hetero) is 1. The van der Waals surface area contributed by atoms with Gasteiger partial charge >= 0.3 is 0 Å². The van der Waals surface area contributed by atoms with Gasteiger partial charge in [-0.05, 0) is 104 Å². The average Bonchev–Trinajstić information content (AvgIpc) is 3.96. The molecule has 3 aromatic carbocycles. The Hall–Kier alpha value is -4.89. The lowest BCUT2D eigenvalue weighted by Gasteiger charge is -2.13. The number of ketones is 1. The zero-order valence-corrected chi connectivity index (χ0v) is 38.0. The van der Waals surface area contributed by atoms with Gasteiger partial charge in [0.2, 0.25) is 0 Å². The van der Waals surface area contributed by atoms with Crippen LogP contribution in [-0.4, -0.2) is 84.0 Å². The number of thiophene rings is 1. The van der Waals surface area contributed by atoms with Gasteiger partial charge in [0, 0.05) is 52.2 Å². The fourth-order valence-corrected chi connectivity index (χ4v) is 9.21. The normalized spacial score (nSPS) is 14.0. The Kier molecular flexibility index (Phi) is 15.6. The highest BCUT2D eigenvalue weighted by molar-refractivity contribution is 7.59. The molecule has 6 aromatic rings. The Morgan fingerprint density at radius 2 is 1.55 bits per heavy atom. The molecule has 0 unspecified atom stereocenters. The SMILES string of the molecule is Cc1sc2c(c1C)C(c1ccc(Cl)cc1)=N[C@@H](CC(=O)Cc1ccc(OCCOCCOCCOCCNc3ncccc3-c3ccc4c(c3)CCC4)cc1)c1nnc(C)n1-2.S. The highest BCUT2D eigenvalue weighted by atomic mass is 35.5. The maximum absolute atomic E-state index is 13.6. The zero-order valence-electron chi connectivity index (χ0n) is 35.4. The van der Waals surface area contributed by atoms with Crippen LogP contribution in [0.15, 0.2) is 90.1 Å². The van der Waals surface area contributed by atoms with Gasteiger partial charge < -0.3 is 24.3 Å². The first-order valence-electron chi connectivity index (χ1n) is 21.0. The van der Waals surface area contributed by atoms with Gasteiger partial charge in [-0.15, -0.1) is 21.5 Å². The van der Waals surface area contributed by atoms with E-state index in [1.807, 2.05) is 67.7 Å². The number of nitrogens with one attached hydrogen (secondary N) is 1. The zero-order chi connectivity index (χ0) is 42.1. The van der Waals surface area contributed by atoms with E-state index in [-0.39, 0.29) is 32.1 Å². The number of carbonyl (C=O) groups is 1. The number of rotatable bonds is 20. The predicted octanol–water partition coefficient (Wildman–Crippen LogP) is 9.21. The van der Waals surface area contributed by atoms with Gasteiger partial charge in [0.25, 0.3) is 0 Å². The minimum absolute atomic E-state index is 0. The third-order valence-corrected chi connectivity index (χ3v) is 12.5. The van der Waals surface area contributed by atoms with Crippen LogP contribution >= 0.6 is 36.4 Å². The van der Waals surface area contributed by atoms with Crippen molar-refractivity contribution in [2.75, 3.05) is 58.1 Å². The molecule has 1 atom stereocenters. The van der Waals surface area contributed by atoms with Crippen molar-refractivity contribution >= 4 is 53.7 Å². The third-order valence-electron chi connectivity index (χ3n) is 11.1. The quantitative estimate of drug-likeness (QED) is 0.0748. The molecular formula is C48H53ClN6O5S2. The van der Waals surface area contributed by atoms with Crippen LogP contribution in [0.1, 0.15) is 68.8 Å². The summed E-state index contributed by atoms with van der Waals surface area (Å²) in [6.45, 7) is 10.2. The van der Waals surface area contributed by atoms with Gasteiger partial charge in [-0.3, -0.25) is 14.4 Å². The number of ether oxygens (including phenoxy) is 4. The second kappa shape index (κ2) is 21.5. The molecular weight excluding hydrogens is 840 g/mol. The van der Waals surface area contributed by atoms with Crippen LogP contribution in [0.5, 0.6) is 5.75 Å². The number of fused-ring (bicyclic) bond motifs is 4. The van der Waals surface area contributed by atoms with Gasteiger partial charge in [-0.25, -0.2) is 4.98 Å². The van der Waals surface area contributed by atoms with Crippen molar-refractivity contribution in [1.82, 2.24) is 19.7 Å². The molecule has 8 rings (SSSR count). The van der Waals surface area contributed by atoms with Crippen LogP contribution in [0.3, 0.4) is 0 Å². The number of aliphatic imine (C=N–C) groups is 1. The van der Waals surface area contributed by atoms with Crippen LogP contribution in [0, 0.1) is 20.8 Å². The molecule has 1 aliphatic heterocycles. The van der Waals surface area contributed by atoms with Crippen LogP contribution in [0.2, 0.25) is 5.02 Å². The predicted molar refractivity (Wildman–Crippen MR) is 252 cm³/mol. The first-order valence-corrected chi connectivity index (χ1v) is 22.2. The third kappa shape index (κ3) is 10.8. The van der Waals surface area contributed by atoms with E-state index in [0.29, 0.717) is 69.4 Å². The van der Waals surface area contributed by atoms with E-state index in [1.54, 1.807) is 11.3 Å². The van der Waals surface area contributed by atoms with Crippen LogP contribution in [0.25, 0.3) is 16.1 Å². The summed E-state index contributed by atoms with van der Waals surface area (Å²) in [5.41, 5.74) is 10.1. The Morgan fingerprint density at radius 1 is 0.839 bits per heavy atom. The van der Waals surface area contributed by atoms with E-state index in [1.165, 1.54) is 34.4 Å². The van der Waals surface area contributed by atoms with E-state index < -0.39 is 6.04 Å². The number of halogens is 1. The molecule has 1 aliphatic carbocycles. The lowest BCUT2D eigenvalue weighted by atomic mass is 9.99. The monoisotopic (exact) mass is 892 g/mol. The van der Waals surface area contributed by atoms with E-state index in [9.17, 15) is 4.79 Å². The van der Waals surface area contributed by atoms with Crippen molar-refractivity contribution in [1.29, 1.82) is 0 Å². The number of aromatic nitrogens is 4. The molecule has 11 nitrogen and oxygen atoms in total. The summed E-state index contributed by atoms with van der Waals surface area (Å²) in [6, 6.07) is 25.7. The Morgan fingerprint density at radius 3 is 2.32 bits per heavy atom. The smallest absolute Gasteiger partial charge is 0.163 e. The molecule has 4 heterocycles. The Bertz CT molecular complexity index is 2490. The van der Waals surface area contributed by atoms with Gasteiger partial charge in [0.05, 0.1) is 45.4 Å². The van der Waals surface area contributed by atoms with Crippen LogP contribution < -0.4 is 10.1 Å². The molecule has 324 valence electrons. The summed E-state index contributed by atoms with van der Waals surface area (Å²) in [4.78, 5) is 24.6. The van der Waals surface area contributed by atoms with Crippen molar-refractivity contribution in [2.45, 2.75) is 58.9 Å². The first kappa shape index (κ1) is 45.1. The average molecular weight is 894 g/mol. The molecule has 0 spiro atoms. The van der Waals surface area contributed by atoms with Crippen molar-refractivity contribution in [3.63, 3.8) is 0 Å². The summed E-state index contributed by atoms with van der Waals surface area (Å²) in [7, 11) is 0. The molecule has 0 fully saturated rings. The van der Waals surface area contributed by atoms with E-state index in [2.05, 4.69) is 63.2 Å². The molecule has 1 N–H and O–H groups in total. The molecule has 2 aliphatic rings. The fraction of sp³-hybridized carbons (Fsp3) is 0.354. The minimum Gasteiger partial charge on any atom is -0.491 e. The number of hydrogen-bond acceptors (Lipinski definition) is 11. The van der Waals surface area contributed by atoms with Crippen LogP contribution in [0.4, 0.5) is 5.82 Å². The first-order chi connectivity index (χ1) is 29.8. The van der Waals surface area contributed by atoms with Gasteiger partial charge in [0.15, 0.2) is 5.82 Å². The Labute approximate surface area is 379 Å². The topological polar surface area (TPSA) is 122 Å². The van der Waals surface area contributed by atoms with Crippen LogP contribution in [-0.2, 0) is 38.3 Å². The second-order valence-electron chi connectivity index (χ2n) is 15.3. The highest BCUT2D eigenvalue weighted by Gasteiger charge is 2.32.